The number of carbonyl (C=O) groups excluding carboxylic acids is 1. The number of aromatic hydroxyl groups is 1. The van der Waals surface area contributed by atoms with Gasteiger partial charge in [0.2, 0.25) is 0 Å². The molecular weight excluding hydrogens is 1160 g/mol. The number of methoxy groups -OCH3 is 1. The summed E-state index contributed by atoms with van der Waals surface area (Å²) in [6.07, 6.45) is -11.8. The van der Waals surface area contributed by atoms with Gasteiger partial charge in [-0.25, -0.2) is 29.5 Å². The number of aliphatic hydroxyl groups is 1. The molecular formula is C55H42Cl2F12N4O9. The largest absolute Gasteiger partial charge is 0.508 e. The number of aliphatic hydroxyl groups excluding tert-OH is 1. The Labute approximate surface area is 468 Å². The van der Waals surface area contributed by atoms with Crippen LogP contribution in [0.3, 0.4) is 0 Å². The molecule has 4 aromatic carbocycles. The van der Waals surface area contributed by atoms with Crippen molar-refractivity contribution in [1.29, 1.82) is 0 Å². The lowest BCUT2D eigenvalue weighted by molar-refractivity contribution is -0.138. The van der Waals surface area contributed by atoms with Gasteiger partial charge in [0.05, 0.1) is 36.0 Å². The topological polar surface area (TPSA) is 183 Å². The maximum Gasteiger partial charge on any atom is 0.416 e. The van der Waals surface area contributed by atoms with Gasteiger partial charge < -0.3 is 34.3 Å². The van der Waals surface area contributed by atoms with Crippen LogP contribution in [0.4, 0.5) is 52.7 Å². The van der Waals surface area contributed by atoms with Crippen molar-refractivity contribution in [3.05, 3.63) is 237 Å². The van der Waals surface area contributed by atoms with Crippen molar-refractivity contribution >= 4 is 35.1 Å². The molecule has 0 saturated heterocycles. The van der Waals surface area contributed by atoms with E-state index >= 15 is 0 Å². The fourth-order valence-corrected chi connectivity index (χ4v) is 6.06. The zero-order chi connectivity index (χ0) is 60.7. The third-order valence-electron chi connectivity index (χ3n) is 9.90. The molecule has 0 amide bonds. The van der Waals surface area contributed by atoms with E-state index in [1.165, 1.54) is 86.4 Å². The Morgan fingerprint density at radius 2 is 0.780 bits per heavy atom. The summed E-state index contributed by atoms with van der Waals surface area (Å²) < 4.78 is 169. The SMILES string of the molecule is COC(=O)c1ccc(COc2cccc(C(F)(F)F)c2)cn1.FC(F)(F)c1cccc(OCc2ccc(Cl)nc2)c1.O=C(O)c1ccc(COc2cccc(C(F)(F)F)c2)cn1.OCc1ccc(Cl)nc1.Oc1cccc(C(F)(F)F)c1. The van der Waals surface area contributed by atoms with Crippen LogP contribution < -0.4 is 14.2 Å². The first kappa shape index (κ1) is 65.8. The van der Waals surface area contributed by atoms with Gasteiger partial charge in [0, 0.05) is 41.5 Å². The second-order valence-electron chi connectivity index (χ2n) is 16.0. The quantitative estimate of drug-likeness (QED) is 0.0597. The van der Waals surface area contributed by atoms with Crippen LogP contribution in [0.5, 0.6) is 23.0 Å². The first-order chi connectivity index (χ1) is 38.5. The van der Waals surface area contributed by atoms with Gasteiger partial charge in [-0.1, -0.05) is 71.7 Å². The first-order valence-corrected chi connectivity index (χ1v) is 23.6. The van der Waals surface area contributed by atoms with Crippen molar-refractivity contribution in [2.24, 2.45) is 0 Å². The molecule has 8 rings (SSSR count). The maximum atomic E-state index is 12.6. The number of phenolic OH excluding ortho intramolecular Hbond substituents is 1. The van der Waals surface area contributed by atoms with Crippen LogP contribution in [-0.4, -0.2) is 54.3 Å². The third-order valence-corrected chi connectivity index (χ3v) is 10.3. The zero-order valence-electron chi connectivity index (χ0n) is 41.9. The highest BCUT2D eigenvalue weighted by Crippen LogP contribution is 2.34. The van der Waals surface area contributed by atoms with Crippen LogP contribution in [0.1, 0.15) is 65.5 Å². The van der Waals surface area contributed by atoms with Crippen LogP contribution in [0.2, 0.25) is 10.3 Å². The highest BCUT2D eigenvalue weighted by molar-refractivity contribution is 6.29. The van der Waals surface area contributed by atoms with E-state index < -0.39 is 58.9 Å². The molecule has 0 aliphatic heterocycles. The fraction of sp³-hybridized carbons (Fsp3) is 0.164. The molecule has 434 valence electrons. The Kier molecular flexibility index (Phi) is 24.7. The zero-order valence-corrected chi connectivity index (χ0v) is 43.4. The molecule has 0 fully saturated rings. The number of carboxylic acids is 1. The smallest absolute Gasteiger partial charge is 0.416 e. The Hall–Kier alpha value is -8.68. The van der Waals surface area contributed by atoms with Gasteiger partial charge in [-0.15, -0.1) is 0 Å². The van der Waals surface area contributed by atoms with Crippen LogP contribution in [0, 0.1) is 0 Å². The summed E-state index contributed by atoms with van der Waals surface area (Å²) in [6, 6.07) is 30.3. The molecule has 0 saturated carbocycles. The highest BCUT2D eigenvalue weighted by Gasteiger charge is 2.33. The van der Waals surface area contributed by atoms with Gasteiger partial charge in [0.15, 0.2) is 0 Å². The summed E-state index contributed by atoms with van der Waals surface area (Å²) in [6.45, 7) is 0.180. The lowest BCUT2D eigenvalue weighted by Crippen LogP contribution is -2.06. The minimum absolute atomic E-state index is 0.00574. The number of alkyl halides is 12. The van der Waals surface area contributed by atoms with Crippen LogP contribution in [-0.2, 0) is 55.9 Å². The minimum Gasteiger partial charge on any atom is -0.508 e. The van der Waals surface area contributed by atoms with Gasteiger partial charge in [-0.05, 0) is 103 Å². The lowest BCUT2D eigenvalue weighted by atomic mass is 10.2. The first-order valence-electron chi connectivity index (χ1n) is 22.8. The van der Waals surface area contributed by atoms with Gasteiger partial charge in [-0.3, -0.25) is 0 Å². The number of carboxylic acid groups (broad SMARTS) is 1. The maximum absolute atomic E-state index is 12.6. The van der Waals surface area contributed by atoms with Crippen LogP contribution in [0.15, 0.2) is 170 Å². The standard InChI is InChI=1S/C15H12F3NO3.C14H10F3NO3.C13H9ClF3NO.C7H5F3O.C6H6ClNO/c1-21-14(20)13-6-5-10(8-19-13)9-22-12-4-2-3-11(7-12)15(16,17)18;15-14(16,17)10-2-1-3-11(6-10)21-8-9-4-5-12(13(19)20)18-7-9;14-12-5-4-9(7-18-12)8-19-11-3-1-2-10(6-11)13(15,16)17;8-7(9,10)5-2-1-3-6(11)4-5;7-6-2-1-5(4-9)3-8-6/h2-8H,9H2,1H3;1-7H,8H2,(H,19,20);1-7H,8H2;1-4,11H;1-3,9H,4H2. The second kappa shape index (κ2) is 30.8. The number of pyridine rings is 4. The molecule has 4 aromatic heterocycles. The van der Waals surface area contributed by atoms with Gasteiger partial charge in [0.1, 0.15) is 64.5 Å². The Balaban J connectivity index is 0.000000228. The Bertz CT molecular complexity index is 3260. The number of halogens is 14. The second-order valence-corrected chi connectivity index (χ2v) is 16.8. The summed E-state index contributed by atoms with van der Waals surface area (Å²) in [7, 11) is 1.24. The van der Waals surface area contributed by atoms with Gasteiger partial charge >= 0.3 is 36.6 Å². The van der Waals surface area contributed by atoms with Crippen molar-refractivity contribution in [2.45, 2.75) is 51.1 Å². The summed E-state index contributed by atoms with van der Waals surface area (Å²) in [5.41, 5.74) is -0.438. The molecule has 0 aliphatic rings. The number of benzene rings is 4. The molecule has 0 spiro atoms. The van der Waals surface area contributed by atoms with Gasteiger partial charge in [0.25, 0.3) is 0 Å². The summed E-state index contributed by atoms with van der Waals surface area (Å²) in [5, 5.41) is 26.7. The Morgan fingerprint density at radius 1 is 0.451 bits per heavy atom. The number of esters is 1. The van der Waals surface area contributed by atoms with Crippen LogP contribution >= 0.6 is 23.2 Å². The number of carbonyl (C=O) groups is 2. The van der Waals surface area contributed by atoms with Gasteiger partial charge in [-0.2, -0.15) is 52.7 Å². The normalized spacial score (nSPS) is 11.1. The molecule has 0 radical (unpaired) electrons. The number of phenols is 1. The number of hydrogen-bond donors (Lipinski definition) is 3. The van der Waals surface area contributed by atoms with E-state index in [0.717, 1.165) is 59.7 Å². The monoisotopic (exact) mass is 1200 g/mol. The highest BCUT2D eigenvalue weighted by atomic mass is 35.5. The van der Waals surface area contributed by atoms with Crippen molar-refractivity contribution < 1.29 is 96.5 Å². The molecule has 27 heteroatoms. The predicted octanol–water partition coefficient (Wildman–Crippen LogP) is 14.8. The molecule has 13 nitrogen and oxygen atoms in total. The summed E-state index contributed by atoms with van der Waals surface area (Å²) >= 11 is 11.1. The molecule has 0 unspecified atom stereocenters. The van der Waals surface area contributed by atoms with E-state index in [9.17, 15) is 62.3 Å². The van der Waals surface area contributed by atoms with E-state index in [0.29, 0.717) is 27.5 Å². The fourth-order valence-electron chi connectivity index (χ4n) is 5.83. The molecule has 0 aliphatic carbocycles. The number of aromatic nitrogens is 4. The van der Waals surface area contributed by atoms with Crippen molar-refractivity contribution in [3.8, 4) is 23.0 Å². The third kappa shape index (κ3) is 23.6. The average Bonchev–Trinajstić information content (AvgIpc) is 3.47. The van der Waals surface area contributed by atoms with Crippen molar-refractivity contribution in [1.82, 2.24) is 19.9 Å². The molecule has 82 heavy (non-hydrogen) atoms. The van der Waals surface area contributed by atoms with E-state index in [4.69, 9.17) is 52.7 Å². The molecule has 8 aromatic rings. The lowest BCUT2D eigenvalue weighted by Gasteiger charge is -2.10. The summed E-state index contributed by atoms with van der Waals surface area (Å²) in [4.78, 5) is 37.0. The minimum atomic E-state index is -4.43. The number of rotatable bonds is 12. The number of ether oxygens (including phenoxy) is 4. The average molecular weight is 1200 g/mol. The van der Waals surface area contributed by atoms with Crippen molar-refractivity contribution in [2.75, 3.05) is 7.11 Å². The Morgan fingerprint density at radius 3 is 1.06 bits per heavy atom. The van der Waals surface area contributed by atoms with E-state index in [-0.39, 0.29) is 60.8 Å². The summed E-state index contributed by atoms with van der Waals surface area (Å²) in [5.74, 6) is -1.76. The van der Waals surface area contributed by atoms with Crippen LogP contribution in [0.25, 0.3) is 0 Å². The number of hydrogen-bond acceptors (Lipinski definition) is 12. The number of nitrogens with zero attached hydrogens (tertiary/aromatic N) is 4. The molecule has 0 bridgehead atoms. The van der Waals surface area contributed by atoms with E-state index in [1.54, 1.807) is 36.5 Å². The van der Waals surface area contributed by atoms with E-state index in [2.05, 4.69) is 24.7 Å². The number of aromatic carboxylic acids is 1. The molecule has 0 atom stereocenters. The van der Waals surface area contributed by atoms with E-state index in [1.807, 2.05) is 0 Å². The molecule has 3 N–H and O–H groups in total. The van der Waals surface area contributed by atoms with Crippen molar-refractivity contribution in [3.63, 3.8) is 0 Å². The predicted molar refractivity (Wildman–Crippen MR) is 272 cm³/mol. The molecule has 4 heterocycles.